The highest BCUT2D eigenvalue weighted by Gasteiger charge is 2.56. The summed E-state index contributed by atoms with van der Waals surface area (Å²) in [4.78, 5) is 11.4. The number of rotatable bonds is 17. The molecular weight excluding hydrogens is 591 g/mol. The molecule has 1 aliphatic heterocycles. The number of carboxylic acid groups (broad SMARTS) is 1. The van der Waals surface area contributed by atoms with Crippen LogP contribution >= 0.6 is 11.8 Å². The molecule has 1 aliphatic rings. The molecule has 3 rings (SSSR count). The molecular formula is C32H41F5O5S. The number of carboxylic acids is 1. The Hall–Kier alpha value is -2.69. The fourth-order valence-electron chi connectivity index (χ4n) is 5.94. The summed E-state index contributed by atoms with van der Waals surface area (Å²) in [5.41, 5.74) is 2.11. The lowest BCUT2D eigenvalue weighted by atomic mass is 9.76. The Morgan fingerprint density at radius 1 is 0.907 bits per heavy atom. The molecule has 0 spiro atoms. The maximum absolute atomic E-state index is 13.1. The van der Waals surface area contributed by atoms with Gasteiger partial charge in [0.25, 0.3) is 0 Å². The van der Waals surface area contributed by atoms with Crippen LogP contribution in [0.2, 0.25) is 0 Å². The first-order valence-corrected chi connectivity index (χ1v) is 16.0. The first-order valence-electron chi connectivity index (χ1n) is 14.8. The van der Waals surface area contributed by atoms with Crippen LogP contribution in [0.1, 0.15) is 94.1 Å². The predicted octanol–water partition coefficient (Wildman–Crippen LogP) is 9.41. The number of thioether (sulfide) groups is 1. The van der Waals surface area contributed by atoms with Gasteiger partial charge in [0, 0.05) is 18.4 Å². The third kappa shape index (κ3) is 9.16. The third-order valence-electron chi connectivity index (χ3n) is 8.45. The van der Waals surface area contributed by atoms with E-state index >= 15 is 0 Å². The van der Waals surface area contributed by atoms with E-state index < -0.39 is 36.8 Å². The lowest BCUT2D eigenvalue weighted by molar-refractivity contribution is -0.284. The molecule has 3 N–H and O–H groups in total. The van der Waals surface area contributed by atoms with E-state index in [-0.39, 0.29) is 35.0 Å². The number of aliphatic carboxylic acids is 1. The monoisotopic (exact) mass is 632 g/mol. The van der Waals surface area contributed by atoms with E-state index in [1.807, 2.05) is 18.2 Å². The summed E-state index contributed by atoms with van der Waals surface area (Å²) < 4.78 is 68.9. The van der Waals surface area contributed by atoms with E-state index in [1.54, 1.807) is 36.0 Å². The lowest BCUT2D eigenvalue weighted by Gasteiger charge is -2.44. The number of alkyl halides is 5. The number of ether oxygens (including phenoxy) is 1. The number of hydrogen-bond donors (Lipinski definition) is 3. The van der Waals surface area contributed by atoms with E-state index in [9.17, 15) is 42.1 Å². The second kappa shape index (κ2) is 15.3. The summed E-state index contributed by atoms with van der Waals surface area (Å²) in [6.45, 7) is 0.433. The van der Waals surface area contributed by atoms with Crippen LogP contribution < -0.4 is 4.74 Å². The standard InChI is InChI=1S/C32H41F5O5S/c1-43-30(23-13-15-24(38)16-14-23)21-42-28-20-25(39)17-18-26(28)27(30)12-8-6-4-2-3-5-7-10-22(29(40)41)11-9-19-31(33,34)32(35,36)37/h13-18,20,22,27,38-39H,2-12,19,21H2,1H3,(H,40,41)/t22-,27-,30+/m0/s1. The molecule has 0 amide bonds. The minimum absolute atomic E-state index is 0.125. The molecule has 0 bridgehead atoms. The second-order valence-electron chi connectivity index (χ2n) is 11.4. The molecule has 2 aromatic carbocycles. The second-order valence-corrected chi connectivity index (χ2v) is 12.5. The van der Waals surface area contributed by atoms with Gasteiger partial charge in [-0.1, -0.05) is 63.1 Å². The molecule has 0 saturated heterocycles. The van der Waals surface area contributed by atoms with Gasteiger partial charge in [-0.2, -0.15) is 22.0 Å². The number of phenolic OH excluding ortho intramolecular Hbond substituents is 2. The van der Waals surface area contributed by atoms with Gasteiger partial charge in [-0.25, -0.2) is 0 Å². The Morgan fingerprint density at radius 2 is 1.49 bits per heavy atom. The van der Waals surface area contributed by atoms with Crippen LogP contribution in [-0.4, -0.2) is 46.3 Å². The molecule has 0 aliphatic carbocycles. The quantitative estimate of drug-likeness (QED) is 0.119. The average molecular weight is 633 g/mol. The highest BCUT2D eigenvalue weighted by molar-refractivity contribution is 7.99. The Labute approximate surface area is 253 Å². The molecule has 1 heterocycles. The van der Waals surface area contributed by atoms with Gasteiger partial charge >= 0.3 is 18.1 Å². The highest BCUT2D eigenvalue weighted by atomic mass is 32.2. The number of phenols is 2. The van der Waals surface area contributed by atoms with Gasteiger partial charge in [0.05, 0.1) is 10.7 Å². The van der Waals surface area contributed by atoms with Crippen LogP contribution in [0.4, 0.5) is 22.0 Å². The first-order chi connectivity index (χ1) is 20.3. The number of carbonyl (C=O) groups is 1. The summed E-state index contributed by atoms with van der Waals surface area (Å²) in [5.74, 6) is -5.72. The normalized spacial score (nSPS) is 19.4. The summed E-state index contributed by atoms with van der Waals surface area (Å²) in [6, 6.07) is 12.5. The molecule has 2 aromatic rings. The topological polar surface area (TPSA) is 87.0 Å². The van der Waals surface area contributed by atoms with E-state index in [0.29, 0.717) is 18.8 Å². The minimum atomic E-state index is -5.62. The number of fused-ring (bicyclic) bond motifs is 1. The van der Waals surface area contributed by atoms with Gasteiger partial charge in [0.15, 0.2) is 0 Å². The minimum Gasteiger partial charge on any atom is -0.508 e. The maximum Gasteiger partial charge on any atom is 0.453 e. The molecule has 240 valence electrons. The third-order valence-corrected chi connectivity index (χ3v) is 9.82. The van der Waals surface area contributed by atoms with Gasteiger partial charge in [-0.3, -0.25) is 4.79 Å². The summed E-state index contributed by atoms with van der Waals surface area (Å²) in [7, 11) is 0. The van der Waals surface area contributed by atoms with Gasteiger partial charge in [0.1, 0.15) is 23.9 Å². The van der Waals surface area contributed by atoms with Crippen LogP contribution in [0.25, 0.3) is 0 Å². The SMILES string of the molecule is CS[C@@]1(c2ccc(O)cc2)COc2cc(O)ccc2[C@@H]1CCCCCCCCC[C@@H](CCCC(F)(F)C(F)(F)F)C(=O)O. The number of halogens is 5. The van der Waals surface area contributed by atoms with Crippen molar-refractivity contribution in [1.82, 2.24) is 0 Å². The fourth-order valence-corrected chi connectivity index (χ4v) is 7.01. The smallest absolute Gasteiger partial charge is 0.453 e. The summed E-state index contributed by atoms with van der Waals surface area (Å²) >= 11 is 1.72. The highest BCUT2D eigenvalue weighted by Crippen LogP contribution is 2.55. The largest absolute Gasteiger partial charge is 0.508 e. The molecule has 5 nitrogen and oxygen atoms in total. The molecule has 0 radical (unpaired) electrons. The van der Waals surface area contributed by atoms with Crippen molar-refractivity contribution >= 4 is 17.7 Å². The van der Waals surface area contributed by atoms with Crippen LogP contribution in [-0.2, 0) is 9.54 Å². The summed E-state index contributed by atoms with van der Waals surface area (Å²) in [6.07, 6.45) is 1.68. The van der Waals surface area contributed by atoms with E-state index in [1.165, 1.54) is 0 Å². The van der Waals surface area contributed by atoms with Crippen molar-refractivity contribution in [3.8, 4) is 17.2 Å². The van der Waals surface area contributed by atoms with Crippen molar-refractivity contribution in [2.45, 2.75) is 99.8 Å². The molecule has 3 atom stereocenters. The molecule has 0 saturated carbocycles. The van der Waals surface area contributed by atoms with Crippen molar-refractivity contribution in [2.24, 2.45) is 5.92 Å². The zero-order valence-electron chi connectivity index (χ0n) is 24.3. The van der Waals surface area contributed by atoms with Crippen molar-refractivity contribution in [1.29, 1.82) is 0 Å². The molecule has 11 heteroatoms. The zero-order valence-corrected chi connectivity index (χ0v) is 25.2. The van der Waals surface area contributed by atoms with Gasteiger partial charge in [0.2, 0.25) is 0 Å². The number of hydrogen-bond acceptors (Lipinski definition) is 5. The van der Waals surface area contributed by atoms with Crippen molar-refractivity contribution in [2.75, 3.05) is 12.9 Å². The summed E-state index contributed by atoms with van der Waals surface area (Å²) in [5, 5.41) is 29.2. The number of benzene rings is 2. The molecule has 43 heavy (non-hydrogen) atoms. The van der Waals surface area contributed by atoms with E-state index in [2.05, 4.69) is 6.26 Å². The number of unbranched alkanes of at least 4 members (excludes halogenated alkanes) is 6. The van der Waals surface area contributed by atoms with Crippen LogP contribution in [0, 0.1) is 5.92 Å². The van der Waals surface area contributed by atoms with Crippen molar-refractivity contribution in [3.63, 3.8) is 0 Å². The van der Waals surface area contributed by atoms with Crippen molar-refractivity contribution in [3.05, 3.63) is 53.6 Å². The Morgan fingerprint density at radius 3 is 2.09 bits per heavy atom. The predicted molar refractivity (Wildman–Crippen MR) is 157 cm³/mol. The van der Waals surface area contributed by atoms with Crippen LogP contribution in [0.3, 0.4) is 0 Å². The Kier molecular flexibility index (Phi) is 12.4. The fraction of sp³-hybridized carbons (Fsp3) is 0.594. The lowest BCUT2D eigenvalue weighted by Crippen LogP contribution is -2.40. The molecule has 0 aromatic heterocycles. The van der Waals surface area contributed by atoms with Crippen LogP contribution in [0.5, 0.6) is 17.2 Å². The number of aromatic hydroxyl groups is 2. The first kappa shape index (κ1) is 34.8. The van der Waals surface area contributed by atoms with E-state index in [0.717, 1.165) is 56.1 Å². The van der Waals surface area contributed by atoms with Crippen molar-refractivity contribution < 1.29 is 46.8 Å². The van der Waals surface area contributed by atoms with Gasteiger partial charge in [-0.15, -0.1) is 11.8 Å². The molecule has 0 unspecified atom stereocenters. The van der Waals surface area contributed by atoms with Gasteiger partial charge < -0.3 is 20.1 Å². The maximum atomic E-state index is 13.1. The van der Waals surface area contributed by atoms with Gasteiger partial charge in [-0.05, 0) is 61.3 Å². The Balaban J connectivity index is 1.44. The average Bonchev–Trinajstić information content (AvgIpc) is 2.94. The van der Waals surface area contributed by atoms with E-state index in [4.69, 9.17) is 4.74 Å². The van der Waals surface area contributed by atoms with Crippen LogP contribution in [0.15, 0.2) is 42.5 Å². The molecule has 0 fully saturated rings. The Bertz CT molecular complexity index is 1170. The zero-order chi connectivity index (χ0) is 31.7.